The second kappa shape index (κ2) is 16.8. The van der Waals surface area contributed by atoms with Gasteiger partial charge in [0.05, 0.1) is 26.6 Å². The Labute approximate surface area is 341 Å². The zero-order valence-electron chi connectivity index (χ0n) is 28.3. The van der Waals surface area contributed by atoms with Gasteiger partial charge in [0.2, 0.25) is 0 Å². The summed E-state index contributed by atoms with van der Waals surface area (Å²) in [4.78, 5) is 52.4. The maximum atomic E-state index is 12.8. The molecule has 0 radical (unpaired) electrons. The number of furan rings is 2. The fourth-order valence-corrected chi connectivity index (χ4v) is 7.53. The van der Waals surface area contributed by atoms with E-state index in [2.05, 4.69) is 26.5 Å². The average Bonchev–Trinajstić information content (AvgIpc) is 3.99. The topological polar surface area (TPSA) is 176 Å². The number of thioether (sulfide) groups is 2. The number of hydrazine groups is 1. The number of rotatable bonds is 8. The standard InChI is InChI=1S/C24H15ClN4O3S2.C15H9NO4S2/c25-15-4-6-17-18(8-9-26-19(17)11-15)28-29-22(30)14-3-1-2-13(10-14)20-7-5-16(32-20)12-21-23(31)27-24(33)34-21;17-13-12(22-15(21)16-13)7-10-4-5-11(20-10)8-2-1-3-9(6-8)14(18)19/h1-12H,(H,26,28)(H,29,30)(H,27,31,33);1-7H,(H,18,19)(H,16,17,21)/b21-12-;12-7-. The number of aromatic carboxylic acids is 1. The molecule has 3 aromatic heterocycles. The lowest BCUT2D eigenvalue weighted by Crippen LogP contribution is -2.29. The molecule has 0 saturated carbocycles. The summed E-state index contributed by atoms with van der Waals surface area (Å²) in [6.45, 7) is 0. The molecule has 3 amide bonds. The third-order valence-electron chi connectivity index (χ3n) is 7.90. The van der Waals surface area contributed by atoms with Gasteiger partial charge in [-0.05, 0) is 72.8 Å². The summed E-state index contributed by atoms with van der Waals surface area (Å²) in [5.74, 6) is 0.297. The first-order valence-electron chi connectivity index (χ1n) is 16.2. The normalized spacial score (nSPS) is 15.1. The monoisotopic (exact) mass is 837 g/mol. The van der Waals surface area contributed by atoms with Gasteiger partial charge in [-0.3, -0.25) is 30.2 Å². The maximum Gasteiger partial charge on any atom is 0.335 e. The molecule has 2 saturated heterocycles. The summed E-state index contributed by atoms with van der Waals surface area (Å²) in [5, 5.41) is 15.5. The van der Waals surface area contributed by atoms with Crippen LogP contribution < -0.4 is 21.5 Å². The Bertz CT molecular complexity index is 2670. The number of hydrogen-bond acceptors (Lipinski definition) is 12. The smallest absolute Gasteiger partial charge is 0.335 e. The number of halogens is 1. The first kappa shape index (κ1) is 38.2. The number of benzene rings is 3. The lowest BCUT2D eigenvalue weighted by atomic mass is 10.1. The van der Waals surface area contributed by atoms with Crippen molar-refractivity contribution in [2.24, 2.45) is 0 Å². The third-order valence-corrected chi connectivity index (χ3v) is 10.5. The molecule has 3 aromatic carbocycles. The van der Waals surface area contributed by atoms with Gasteiger partial charge in [0.25, 0.3) is 17.7 Å². The van der Waals surface area contributed by atoms with Gasteiger partial charge in [0.1, 0.15) is 31.7 Å². The molecule has 2 fully saturated rings. The summed E-state index contributed by atoms with van der Waals surface area (Å²) in [7, 11) is 0. The number of aromatic nitrogens is 1. The number of amides is 3. The van der Waals surface area contributed by atoms with Crippen LogP contribution in [0.15, 0.2) is 122 Å². The van der Waals surface area contributed by atoms with Gasteiger partial charge >= 0.3 is 5.97 Å². The molecule has 0 bridgehead atoms. The van der Waals surface area contributed by atoms with E-state index in [0.29, 0.717) is 68.8 Å². The van der Waals surface area contributed by atoms with Crippen LogP contribution in [0.2, 0.25) is 5.02 Å². The molecule has 2 aliphatic rings. The van der Waals surface area contributed by atoms with Crippen molar-refractivity contribution in [3.05, 3.63) is 141 Å². The lowest BCUT2D eigenvalue weighted by Gasteiger charge is -2.11. The number of fused-ring (bicyclic) bond motifs is 1. The van der Waals surface area contributed by atoms with E-state index >= 15 is 0 Å². The Morgan fingerprint density at radius 2 is 1.32 bits per heavy atom. The van der Waals surface area contributed by atoms with E-state index in [9.17, 15) is 19.2 Å². The van der Waals surface area contributed by atoms with Gasteiger partial charge < -0.3 is 24.6 Å². The van der Waals surface area contributed by atoms with E-state index in [1.165, 1.54) is 35.7 Å². The van der Waals surface area contributed by atoms with Gasteiger partial charge in [-0.25, -0.2) is 4.79 Å². The summed E-state index contributed by atoms with van der Waals surface area (Å²) in [6.07, 6.45) is 4.87. The third kappa shape index (κ3) is 9.07. The number of pyridine rings is 1. The molecule has 2 aliphatic heterocycles. The van der Waals surface area contributed by atoms with Gasteiger partial charge in [-0.1, -0.05) is 83.8 Å². The van der Waals surface area contributed by atoms with Crippen LogP contribution in [0.3, 0.4) is 0 Å². The predicted octanol–water partition coefficient (Wildman–Crippen LogP) is 8.53. The van der Waals surface area contributed by atoms with Crippen molar-refractivity contribution in [2.45, 2.75) is 0 Å². The average molecular weight is 838 g/mol. The minimum atomic E-state index is -0.997. The highest BCUT2D eigenvalue weighted by molar-refractivity contribution is 8.27. The van der Waals surface area contributed by atoms with Gasteiger partial charge in [0.15, 0.2) is 0 Å². The van der Waals surface area contributed by atoms with Crippen molar-refractivity contribution in [1.29, 1.82) is 0 Å². The number of thiocarbonyl (C=S) groups is 2. The van der Waals surface area contributed by atoms with Crippen LogP contribution in [0.4, 0.5) is 5.69 Å². The van der Waals surface area contributed by atoms with Crippen LogP contribution in [0.25, 0.3) is 45.7 Å². The number of hydrogen-bond donors (Lipinski definition) is 5. The lowest BCUT2D eigenvalue weighted by molar-refractivity contribution is -0.116. The van der Waals surface area contributed by atoms with Gasteiger partial charge in [-0.2, -0.15) is 0 Å². The van der Waals surface area contributed by atoms with Crippen molar-refractivity contribution >= 4 is 121 Å². The second-order valence-corrected chi connectivity index (χ2v) is 15.5. The van der Waals surface area contributed by atoms with Gasteiger partial charge in [-0.15, -0.1) is 0 Å². The molecule has 0 unspecified atom stereocenters. The summed E-state index contributed by atoms with van der Waals surface area (Å²) in [5.41, 5.74) is 9.09. The highest BCUT2D eigenvalue weighted by Gasteiger charge is 2.24. The minimum absolute atomic E-state index is 0.185. The van der Waals surface area contributed by atoms with E-state index in [1.54, 1.807) is 91.1 Å². The Balaban J connectivity index is 0.000000189. The molecule has 0 aliphatic carbocycles. The fourth-order valence-electron chi connectivity index (χ4n) is 5.32. The van der Waals surface area contributed by atoms with Crippen LogP contribution in [0, 0.1) is 0 Å². The number of carbonyl (C=O) groups is 4. The number of carboxylic acid groups (broad SMARTS) is 1. The Hall–Kier alpha value is -6.04. The van der Waals surface area contributed by atoms with Crippen LogP contribution in [-0.4, -0.2) is 42.4 Å². The van der Waals surface area contributed by atoms with Crippen molar-refractivity contribution in [3.63, 3.8) is 0 Å². The zero-order chi connectivity index (χ0) is 39.3. The van der Waals surface area contributed by atoms with Crippen molar-refractivity contribution < 1.29 is 33.1 Å². The highest BCUT2D eigenvalue weighted by atomic mass is 35.5. The summed E-state index contributed by atoms with van der Waals surface area (Å²) < 4.78 is 12.3. The molecule has 278 valence electrons. The SMILES string of the molecule is O=C1NC(=S)S/C1=C\c1ccc(-c2cccc(C(=O)NNc3ccnc4cc(Cl)ccc34)c2)o1.O=C1NC(=S)S/C1=C\c1ccc(-c2cccc(C(=O)O)c2)o1. The van der Waals surface area contributed by atoms with Crippen molar-refractivity contribution in [3.8, 4) is 22.6 Å². The summed E-state index contributed by atoms with van der Waals surface area (Å²) >= 11 is 18.3. The van der Waals surface area contributed by atoms with Crippen LogP contribution in [0.1, 0.15) is 32.2 Å². The first-order chi connectivity index (χ1) is 27.0. The Morgan fingerprint density at radius 1 is 0.750 bits per heavy atom. The van der Waals surface area contributed by atoms with Crippen molar-refractivity contribution in [1.82, 2.24) is 21.0 Å². The molecule has 8 rings (SSSR count). The van der Waals surface area contributed by atoms with E-state index in [1.807, 2.05) is 12.1 Å². The molecular weight excluding hydrogens is 814 g/mol. The first-order valence-corrected chi connectivity index (χ1v) is 19.1. The van der Waals surface area contributed by atoms with Crippen molar-refractivity contribution in [2.75, 3.05) is 5.43 Å². The number of anilines is 1. The fraction of sp³-hybridized carbons (Fsp3) is 0. The van der Waals surface area contributed by atoms with Crippen LogP contribution >= 0.6 is 59.6 Å². The van der Waals surface area contributed by atoms with E-state index in [-0.39, 0.29) is 23.3 Å². The molecule has 0 spiro atoms. The quantitative estimate of drug-likeness (QED) is 0.0561. The Morgan fingerprint density at radius 3 is 1.88 bits per heavy atom. The number of nitrogens with zero attached hydrogens (tertiary/aromatic N) is 1. The summed E-state index contributed by atoms with van der Waals surface area (Å²) in [6, 6.07) is 27.6. The molecule has 56 heavy (non-hydrogen) atoms. The van der Waals surface area contributed by atoms with E-state index in [0.717, 1.165) is 10.9 Å². The zero-order valence-corrected chi connectivity index (χ0v) is 32.3. The molecular formula is C39H24ClN5O7S4. The second-order valence-electron chi connectivity index (χ2n) is 11.7. The van der Waals surface area contributed by atoms with E-state index < -0.39 is 5.97 Å². The number of nitrogens with one attached hydrogen (secondary N) is 4. The molecule has 17 heteroatoms. The highest BCUT2D eigenvalue weighted by Crippen LogP contribution is 2.31. The van der Waals surface area contributed by atoms with Crippen LogP contribution in [0.5, 0.6) is 0 Å². The predicted molar refractivity (Wildman–Crippen MR) is 226 cm³/mol. The number of carboxylic acids is 1. The largest absolute Gasteiger partial charge is 0.478 e. The Kier molecular flexibility index (Phi) is 11.4. The molecule has 5 heterocycles. The van der Waals surface area contributed by atoms with E-state index in [4.69, 9.17) is 50.0 Å². The minimum Gasteiger partial charge on any atom is -0.478 e. The maximum absolute atomic E-state index is 12.8. The molecule has 6 aromatic rings. The molecule has 5 N–H and O–H groups in total. The number of carbonyl (C=O) groups excluding carboxylic acids is 3. The molecule has 12 nitrogen and oxygen atoms in total. The molecule has 0 atom stereocenters. The van der Waals surface area contributed by atoms with Gasteiger partial charge in [0, 0.05) is 45.4 Å². The van der Waals surface area contributed by atoms with Crippen LogP contribution in [-0.2, 0) is 9.59 Å².